The van der Waals surface area contributed by atoms with Gasteiger partial charge in [0, 0.05) is 24.1 Å². The van der Waals surface area contributed by atoms with E-state index >= 15 is 0 Å². The van der Waals surface area contributed by atoms with Gasteiger partial charge in [0.1, 0.15) is 6.61 Å². The lowest BCUT2D eigenvalue weighted by atomic mass is 10.1. The van der Waals surface area contributed by atoms with Crippen LogP contribution in [0.15, 0.2) is 40.9 Å². The molecule has 0 saturated carbocycles. The summed E-state index contributed by atoms with van der Waals surface area (Å²) in [5.41, 5.74) is 3.54. The van der Waals surface area contributed by atoms with Gasteiger partial charge in [-0.1, -0.05) is 59.6 Å². The Morgan fingerprint density at radius 2 is 1.85 bits per heavy atom. The number of likely N-dealkylation sites (N-methyl/N-ethyl adjacent to an activating group) is 1. The molecule has 0 unspecified atom stereocenters. The SMILES string of the molecule is CCN(CC)CCNCc1cc(OC)c(OCc2cccc(C)c2)cc1Br. The predicted octanol–water partition coefficient (Wildman–Crippen LogP) is 4.78. The van der Waals surface area contributed by atoms with Crippen LogP contribution in [0.25, 0.3) is 0 Å². The molecule has 0 atom stereocenters. The second-order valence-electron chi connectivity index (χ2n) is 6.58. The molecular formula is C22H31BrN2O2. The number of nitrogens with zero attached hydrogens (tertiary/aromatic N) is 1. The number of hydrogen-bond acceptors (Lipinski definition) is 4. The Labute approximate surface area is 172 Å². The standard InChI is InChI=1S/C22H31BrN2O2/c1-5-25(6-2)11-10-24-15-19-13-21(26-4)22(14-20(19)23)27-16-18-9-7-8-17(3)12-18/h7-9,12-14,24H,5-6,10-11,15-16H2,1-4H3. The maximum Gasteiger partial charge on any atom is 0.162 e. The molecule has 0 fully saturated rings. The van der Waals surface area contributed by atoms with E-state index in [0.29, 0.717) is 6.61 Å². The van der Waals surface area contributed by atoms with Gasteiger partial charge in [-0.3, -0.25) is 0 Å². The lowest BCUT2D eigenvalue weighted by molar-refractivity contribution is 0.284. The molecule has 1 N–H and O–H groups in total. The van der Waals surface area contributed by atoms with Crippen LogP contribution in [0.2, 0.25) is 0 Å². The second kappa shape index (κ2) is 11.3. The first-order chi connectivity index (χ1) is 13.1. The summed E-state index contributed by atoms with van der Waals surface area (Å²) in [5.74, 6) is 1.50. The van der Waals surface area contributed by atoms with Crippen LogP contribution in [0.3, 0.4) is 0 Å². The zero-order valence-electron chi connectivity index (χ0n) is 16.8. The van der Waals surface area contributed by atoms with Gasteiger partial charge in [0.15, 0.2) is 11.5 Å². The minimum atomic E-state index is 0.520. The molecule has 0 amide bonds. The second-order valence-corrected chi connectivity index (χ2v) is 7.43. The number of halogens is 1. The molecule has 5 heteroatoms. The molecule has 2 aromatic rings. The van der Waals surface area contributed by atoms with Crippen LogP contribution >= 0.6 is 15.9 Å². The van der Waals surface area contributed by atoms with E-state index in [4.69, 9.17) is 9.47 Å². The molecule has 0 aromatic heterocycles. The Kier molecular flexibility index (Phi) is 9.11. The average molecular weight is 435 g/mol. The van der Waals surface area contributed by atoms with Crippen LogP contribution in [-0.2, 0) is 13.2 Å². The van der Waals surface area contributed by atoms with Crippen LogP contribution in [0.5, 0.6) is 11.5 Å². The van der Waals surface area contributed by atoms with Crippen molar-refractivity contribution in [2.75, 3.05) is 33.3 Å². The first-order valence-electron chi connectivity index (χ1n) is 9.55. The van der Waals surface area contributed by atoms with Gasteiger partial charge in [0.2, 0.25) is 0 Å². The largest absolute Gasteiger partial charge is 0.493 e. The summed E-state index contributed by atoms with van der Waals surface area (Å²) in [7, 11) is 1.68. The van der Waals surface area contributed by atoms with Crippen LogP contribution in [0, 0.1) is 6.92 Å². The summed E-state index contributed by atoms with van der Waals surface area (Å²) in [6.07, 6.45) is 0. The molecule has 148 valence electrons. The summed E-state index contributed by atoms with van der Waals surface area (Å²) in [5, 5.41) is 3.51. The van der Waals surface area contributed by atoms with Crippen LogP contribution in [0.1, 0.15) is 30.5 Å². The topological polar surface area (TPSA) is 33.7 Å². The molecule has 27 heavy (non-hydrogen) atoms. The highest BCUT2D eigenvalue weighted by Crippen LogP contribution is 2.34. The molecule has 0 aliphatic heterocycles. The fourth-order valence-electron chi connectivity index (χ4n) is 2.95. The van der Waals surface area contributed by atoms with Gasteiger partial charge in [0.05, 0.1) is 7.11 Å². The lowest BCUT2D eigenvalue weighted by Crippen LogP contribution is -2.31. The van der Waals surface area contributed by atoms with Crippen molar-refractivity contribution in [3.8, 4) is 11.5 Å². The average Bonchev–Trinajstić information content (AvgIpc) is 2.67. The van der Waals surface area contributed by atoms with Crippen molar-refractivity contribution in [3.05, 3.63) is 57.6 Å². The molecule has 0 saturated heterocycles. The van der Waals surface area contributed by atoms with Crippen molar-refractivity contribution in [2.24, 2.45) is 0 Å². The first kappa shape index (κ1) is 21.7. The van der Waals surface area contributed by atoms with Gasteiger partial charge < -0.3 is 19.7 Å². The highest BCUT2D eigenvalue weighted by molar-refractivity contribution is 9.10. The highest BCUT2D eigenvalue weighted by atomic mass is 79.9. The van der Waals surface area contributed by atoms with Crippen LogP contribution < -0.4 is 14.8 Å². The van der Waals surface area contributed by atoms with E-state index < -0.39 is 0 Å². The van der Waals surface area contributed by atoms with E-state index in [-0.39, 0.29) is 0 Å². The van der Waals surface area contributed by atoms with Crippen molar-refractivity contribution < 1.29 is 9.47 Å². The molecule has 0 heterocycles. The van der Waals surface area contributed by atoms with E-state index in [9.17, 15) is 0 Å². The van der Waals surface area contributed by atoms with E-state index in [1.54, 1.807) is 7.11 Å². The lowest BCUT2D eigenvalue weighted by Gasteiger charge is -2.18. The Morgan fingerprint density at radius 3 is 2.52 bits per heavy atom. The molecule has 0 radical (unpaired) electrons. The van der Waals surface area contributed by atoms with Crippen molar-refractivity contribution in [2.45, 2.75) is 33.9 Å². The number of aryl methyl sites for hydroxylation is 1. The Morgan fingerprint density at radius 1 is 1.07 bits per heavy atom. The van der Waals surface area contributed by atoms with Crippen molar-refractivity contribution in [3.63, 3.8) is 0 Å². The molecule has 0 aliphatic carbocycles. The van der Waals surface area contributed by atoms with Gasteiger partial charge in [0.25, 0.3) is 0 Å². The maximum atomic E-state index is 6.01. The fourth-order valence-corrected chi connectivity index (χ4v) is 3.41. The normalized spacial score (nSPS) is 11.0. The number of benzene rings is 2. The molecule has 2 rings (SSSR count). The minimum Gasteiger partial charge on any atom is -0.493 e. The van der Waals surface area contributed by atoms with Crippen molar-refractivity contribution in [1.29, 1.82) is 0 Å². The van der Waals surface area contributed by atoms with Crippen LogP contribution in [0.4, 0.5) is 0 Å². The Balaban J connectivity index is 1.97. The first-order valence-corrected chi connectivity index (χ1v) is 10.3. The van der Waals surface area contributed by atoms with Gasteiger partial charge in [-0.15, -0.1) is 0 Å². The van der Waals surface area contributed by atoms with Crippen molar-refractivity contribution in [1.82, 2.24) is 10.2 Å². The number of rotatable bonds is 11. The summed E-state index contributed by atoms with van der Waals surface area (Å²) >= 11 is 3.67. The van der Waals surface area contributed by atoms with Crippen LogP contribution in [-0.4, -0.2) is 38.2 Å². The quantitative estimate of drug-likeness (QED) is 0.516. The smallest absolute Gasteiger partial charge is 0.162 e. The molecular weight excluding hydrogens is 404 g/mol. The molecule has 4 nitrogen and oxygen atoms in total. The van der Waals surface area contributed by atoms with Gasteiger partial charge >= 0.3 is 0 Å². The third kappa shape index (κ3) is 6.83. The third-order valence-corrected chi connectivity index (χ3v) is 5.36. The predicted molar refractivity (Wildman–Crippen MR) is 116 cm³/mol. The number of methoxy groups -OCH3 is 1. The number of ether oxygens (including phenoxy) is 2. The number of nitrogens with one attached hydrogen (secondary N) is 1. The summed E-state index contributed by atoms with van der Waals surface area (Å²) in [6.45, 7) is 12.0. The molecule has 2 aromatic carbocycles. The van der Waals surface area contributed by atoms with E-state index in [1.165, 1.54) is 5.56 Å². The Bertz CT molecular complexity index is 717. The summed E-state index contributed by atoms with van der Waals surface area (Å²) < 4.78 is 12.6. The van der Waals surface area contributed by atoms with E-state index in [1.807, 2.05) is 18.2 Å². The molecule has 0 aliphatic rings. The molecule has 0 bridgehead atoms. The fraction of sp³-hybridized carbons (Fsp3) is 0.455. The number of hydrogen-bond donors (Lipinski definition) is 1. The van der Waals surface area contributed by atoms with Gasteiger partial charge in [-0.25, -0.2) is 0 Å². The monoisotopic (exact) mass is 434 g/mol. The van der Waals surface area contributed by atoms with E-state index in [2.05, 4.69) is 65.1 Å². The van der Waals surface area contributed by atoms with Gasteiger partial charge in [-0.2, -0.15) is 0 Å². The molecule has 0 spiro atoms. The Hall–Kier alpha value is -1.56. The summed E-state index contributed by atoms with van der Waals surface area (Å²) in [4.78, 5) is 2.41. The van der Waals surface area contributed by atoms with Gasteiger partial charge in [-0.05, 0) is 43.3 Å². The zero-order valence-corrected chi connectivity index (χ0v) is 18.4. The van der Waals surface area contributed by atoms with Crippen molar-refractivity contribution >= 4 is 15.9 Å². The van der Waals surface area contributed by atoms with E-state index in [0.717, 1.165) is 59.8 Å². The highest BCUT2D eigenvalue weighted by Gasteiger charge is 2.11. The maximum absolute atomic E-state index is 6.01. The summed E-state index contributed by atoms with van der Waals surface area (Å²) in [6, 6.07) is 12.4. The third-order valence-electron chi connectivity index (χ3n) is 4.62. The minimum absolute atomic E-state index is 0.520. The zero-order chi connectivity index (χ0) is 19.6.